The number of amides is 1. The molecule has 0 N–H and O–H groups in total. The smallest absolute Gasteiger partial charge is 0.219 e. The van der Waals surface area contributed by atoms with E-state index in [2.05, 4.69) is 26.2 Å². The zero-order chi connectivity index (χ0) is 10.1. The SMILES string of the molecule is CC(=O)N1CCN([N+](C)(C)C)CC1. The van der Waals surface area contributed by atoms with Gasteiger partial charge in [-0.2, -0.15) is 5.01 Å². The van der Waals surface area contributed by atoms with Crippen molar-refractivity contribution in [3.63, 3.8) is 0 Å². The molecule has 0 aliphatic carbocycles. The highest BCUT2D eigenvalue weighted by molar-refractivity contribution is 5.73. The van der Waals surface area contributed by atoms with Gasteiger partial charge in [0.05, 0.1) is 34.2 Å². The first-order valence-electron chi connectivity index (χ1n) is 4.73. The second kappa shape index (κ2) is 3.64. The number of carbonyl (C=O) groups excluding carboxylic acids is 1. The molecule has 0 spiro atoms. The molecule has 1 aliphatic heterocycles. The Labute approximate surface area is 80.3 Å². The van der Waals surface area contributed by atoms with Gasteiger partial charge in [0, 0.05) is 20.0 Å². The highest BCUT2D eigenvalue weighted by Gasteiger charge is 2.26. The normalized spacial score (nSPS) is 20.5. The van der Waals surface area contributed by atoms with Gasteiger partial charge >= 0.3 is 0 Å². The standard InChI is InChI=1S/C9H20N3O/c1-9(13)10-5-7-11(8-6-10)12(2,3)4/h5-8H2,1-4H3/q+1. The van der Waals surface area contributed by atoms with Gasteiger partial charge in [0.2, 0.25) is 5.91 Å². The van der Waals surface area contributed by atoms with Crippen LogP contribution in [0, 0.1) is 0 Å². The van der Waals surface area contributed by atoms with Crippen LogP contribution in [-0.4, -0.2) is 67.7 Å². The topological polar surface area (TPSA) is 23.6 Å². The van der Waals surface area contributed by atoms with Crippen LogP contribution in [0.1, 0.15) is 6.92 Å². The monoisotopic (exact) mass is 186 g/mol. The third-order valence-electron chi connectivity index (χ3n) is 2.55. The lowest BCUT2D eigenvalue weighted by Crippen LogP contribution is -2.59. The summed E-state index contributed by atoms with van der Waals surface area (Å²) in [6.45, 7) is 5.32. The highest BCUT2D eigenvalue weighted by atomic mass is 16.2. The first-order chi connectivity index (χ1) is 5.91. The van der Waals surface area contributed by atoms with E-state index in [9.17, 15) is 4.79 Å². The molecule has 0 saturated carbocycles. The van der Waals surface area contributed by atoms with Crippen LogP contribution in [0.4, 0.5) is 0 Å². The largest absolute Gasteiger partial charge is 0.340 e. The maximum absolute atomic E-state index is 11.1. The zero-order valence-electron chi connectivity index (χ0n) is 9.08. The van der Waals surface area contributed by atoms with Gasteiger partial charge in [0.1, 0.15) is 0 Å². The second-order valence-electron chi connectivity index (χ2n) is 4.40. The lowest BCUT2D eigenvalue weighted by Gasteiger charge is -2.41. The number of carbonyl (C=O) groups is 1. The van der Waals surface area contributed by atoms with Crippen molar-refractivity contribution < 1.29 is 9.39 Å². The van der Waals surface area contributed by atoms with E-state index in [0.29, 0.717) is 0 Å². The van der Waals surface area contributed by atoms with E-state index in [0.717, 1.165) is 30.8 Å². The molecule has 0 atom stereocenters. The summed E-state index contributed by atoms with van der Waals surface area (Å²) in [5.41, 5.74) is 0. The fourth-order valence-corrected chi connectivity index (χ4v) is 1.61. The lowest BCUT2D eigenvalue weighted by molar-refractivity contribution is -0.987. The van der Waals surface area contributed by atoms with E-state index < -0.39 is 0 Å². The van der Waals surface area contributed by atoms with Crippen LogP contribution in [0.2, 0.25) is 0 Å². The fraction of sp³-hybridized carbons (Fsp3) is 0.889. The number of quaternary nitrogens is 1. The predicted molar refractivity (Wildman–Crippen MR) is 51.9 cm³/mol. The minimum atomic E-state index is 0.195. The third kappa shape index (κ3) is 2.67. The van der Waals surface area contributed by atoms with Crippen molar-refractivity contribution in [3.05, 3.63) is 0 Å². The van der Waals surface area contributed by atoms with Gasteiger partial charge in [-0.05, 0) is 0 Å². The Hall–Kier alpha value is -0.610. The molecule has 1 rings (SSSR count). The van der Waals surface area contributed by atoms with Crippen molar-refractivity contribution >= 4 is 5.91 Å². The molecule has 1 aliphatic rings. The molecule has 4 heteroatoms. The molecular formula is C9H20N3O+. The number of hydrogen-bond donors (Lipinski definition) is 0. The summed E-state index contributed by atoms with van der Waals surface area (Å²) in [6, 6.07) is 0. The molecule has 0 aromatic heterocycles. The molecule has 1 saturated heterocycles. The summed E-state index contributed by atoms with van der Waals surface area (Å²) >= 11 is 0. The summed E-state index contributed by atoms with van der Waals surface area (Å²) in [4.78, 5) is 13.0. The van der Waals surface area contributed by atoms with Crippen molar-refractivity contribution in [2.24, 2.45) is 0 Å². The van der Waals surface area contributed by atoms with Gasteiger partial charge in [0.25, 0.3) is 0 Å². The Balaban J connectivity index is 2.44. The van der Waals surface area contributed by atoms with Crippen molar-refractivity contribution in [2.75, 3.05) is 47.3 Å². The van der Waals surface area contributed by atoms with Crippen LogP contribution in [0.3, 0.4) is 0 Å². The van der Waals surface area contributed by atoms with Crippen molar-refractivity contribution in [1.29, 1.82) is 0 Å². The van der Waals surface area contributed by atoms with Gasteiger partial charge in [-0.15, -0.1) is 0 Å². The average molecular weight is 186 g/mol. The Bertz CT molecular complexity index is 190. The minimum absolute atomic E-state index is 0.195. The Kier molecular flexibility index (Phi) is 2.93. The van der Waals surface area contributed by atoms with Crippen LogP contribution in [-0.2, 0) is 4.79 Å². The first kappa shape index (κ1) is 10.5. The minimum Gasteiger partial charge on any atom is -0.340 e. The Morgan fingerprint density at radius 1 is 1.08 bits per heavy atom. The summed E-state index contributed by atoms with van der Waals surface area (Å²) < 4.78 is 0.853. The summed E-state index contributed by atoms with van der Waals surface area (Å²) in [6.07, 6.45) is 0. The summed E-state index contributed by atoms with van der Waals surface area (Å²) in [5.74, 6) is 0.195. The Morgan fingerprint density at radius 3 is 1.85 bits per heavy atom. The molecule has 76 valence electrons. The van der Waals surface area contributed by atoms with Crippen LogP contribution >= 0.6 is 0 Å². The van der Waals surface area contributed by atoms with Crippen LogP contribution in [0.15, 0.2) is 0 Å². The van der Waals surface area contributed by atoms with E-state index >= 15 is 0 Å². The molecule has 0 unspecified atom stereocenters. The van der Waals surface area contributed by atoms with Crippen LogP contribution < -0.4 is 0 Å². The van der Waals surface area contributed by atoms with Gasteiger partial charge in [0.15, 0.2) is 0 Å². The number of hydrogen-bond acceptors (Lipinski definition) is 2. The van der Waals surface area contributed by atoms with E-state index in [1.54, 1.807) is 6.92 Å². The maximum atomic E-state index is 11.1. The maximum Gasteiger partial charge on any atom is 0.219 e. The quantitative estimate of drug-likeness (QED) is 0.528. The van der Waals surface area contributed by atoms with Crippen molar-refractivity contribution in [2.45, 2.75) is 6.92 Å². The average Bonchev–Trinajstić information content (AvgIpc) is 2.03. The fourth-order valence-electron chi connectivity index (χ4n) is 1.61. The van der Waals surface area contributed by atoms with Gasteiger partial charge in [-0.25, -0.2) is 0 Å². The Morgan fingerprint density at radius 2 is 1.54 bits per heavy atom. The van der Waals surface area contributed by atoms with Crippen molar-refractivity contribution in [3.8, 4) is 0 Å². The lowest BCUT2D eigenvalue weighted by atomic mass is 10.3. The van der Waals surface area contributed by atoms with E-state index in [1.807, 2.05) is 4.90 Å². The third-order valence-corrected chi connectivity index (χ3v) is 2.55. The van der Waals surface area contributed by atoms with E-state index in [1.165, 1.54) is 0 Å². The molecule has 13 heavy (non-hydrogen) atoms. The predicted octanol–water partition coefficient (Wildman–Crippen LogP) is -0.228. The number of nitrogens with zero attached hydrogens (tertiary/aromatic N) is 3. The molecular weight excluding hydrogens is 166 g/mol. The molecule has 0 radical (unpaired) electrons. The van der Waals surface area contributed by atoms with Gasteiger partial charge in [-0.1, -0.05) is 0 Å². The van der Waals surface area contributed by atoms with E-state index in [-0.39, 0.29) is 5.91 Å². The molecule has 0 aromatic rings. The van der Waals surface area contributed by atoms with Crippen LogP contribution in [0.25, 0.3) is 0 Å². The molecule has 1 fully saturated rings. The molecule has 0 aromatic carbocycles. The summed E-state index contributed by atoms with van der Waals surface area (Å²) in [7, 11) is 6.47. The summed E-state index contributed by atoms with van der Waals surface area (Å²) in [5, 5.41) is 2.36. The van der Waals surface area contributed by atoms with Gasteiger partial charge < -0.3 is 4.90 Å². The highest BCUT2D eigenvalue weighted by Crippen LogP contribution is 2.07. The molecule has 1 amide bonds. The van der Waals surface area contributed by atoms with Crippen molar-refractivity contribution in [1.82, 2.24) is 9.91 Å². The first-order valence-corrected chi connectivity index (χ1v) is 4.73. The number of piperazine rings is 1. The second-order valence-corrected chi connectivity index (χ2v) is 4.40. The molecule has 4 nitrogen and oxygen atoms in total. The number of rotatable bonds is 1. The molecule has 0 bridgehead atoms. The van der Waals surface area contributed by atoms with Gasteiger partial charge in [-0.3, -0.25) is 9.39 Å². The molecule has 1 heterocycles. The van der Waals surface area contributed by atoms with Crippen LogP contribution in [0.5, 0.6) is 0 Å². The zero-order valence-corrected chi connectivity index (χ0v) is 9.08. The van der Waals surface area contributed by atoms with E-state index in [4.69, 9.17) is 0 Å².